The van der Waals surface area contributed by atoms with E-state index in [-0.39, 0.29) is 28.0 Å². The molecule has 0 heterocycles. The predicted molar refractivity (Wildman–Crippen MR) is 164 cm³/mol. The van der Waals surface area contributed by atoms with Gasteiger partial charge in [0.25, 0.3) is 0 Å². The first-order chi connectivity index (χ1) is 21.9. The normalized spacial score (nSPS) is 11.8. The molecule has 0 radical (unpaired) electrons. The highest BCUT2D eigenvalue weighted by Gasteiger charge is 2.34. The van der Waals surface area contributed by atoms with E-state index in [1.165, 1.54) is 72.8 Å². The van der Waals surface area contributed by atoms with Crippen LogP contribution >= 0.6 is 0 Å². The maximum absolute atomic E-state index is 15.2. The molecule has 0 saturated heterocycles. The van der Waals surface area contributed by atoms with E-state index in [1.807, 2.05) is 0 Å². The van der Waals surface area contributed by atoms with Crippen molar-refractivity contribution in [1.82, 2.24) is 0 Å². The third-order valence-electron chi connectivity index (χ3n) is 7.44. The number of alkyl halides is 5. The van der Waals surface area contributed by atoms with Gasteiger partial charge in [0.15, 0.2) is 0 Å². The summed E-state index contributed by atoms with van der Waals surface area (Å²) in [6.07, 6.45) is -4.40. The topological polar surface area (TPSA) is 18.5 Å². The molecule has 0 atom stereocenters. The molecule has 0 spiro atoms. The zero-order chi connectivity index (χ0) is 32.9. The summed E-state index contributed by atoms with van der Waals surface area (Å²) in [6, 6.07) is 25.1. The van der Waals surface area contributed by atoms with Gasteiger partial charge in [0.1, 0.15) is 23.1 Å². The first-order valence-electron chi connectivity index (χ1n) is 14.6. The van der Waals surface area contributed by atoms with Crippen molar-refractivity contribution in [2.75, 3.05) is 0 Å². The molecule has 0 aliphatic carbocycles. The van der Waals surface area contributed by atoms with Crippen molar-refractivity contribution >= 4 is 0 Å². The standard InChI is InChI=1S/C37H29F7O2/c1-2-3-4-5-24-6-14-29(15-7-24)36(40,41)45-30-16-8-25(9-17-30)27-12-20-33(34(38)22-27)28-13-21-32(35(39)23-28)26-10-18-31(19-11-26)46-37(42,43)44/h6-23H,2-5H2,1H3. The summed E-state index contributed by atoms with van der Waals surface area (Å²) in [6.45, 7) is 2.10. The van der Waals surface area contributed by atoms with Gasteiger partial charge >= 0.3 is 12.5 Å². The average molecular weight is 639 g/mol. The van der Waals surface area contributed by atoms with E-state index in [0.29, 0.717) is 16.7 Å². The van der Waals surface area contributed by atoms with Gasteiger partial charge in [-0.25, -0.2) is 8.78 Å². The summed E-state index contributed by atoms with van der Waals surface area (Å²) in [7, 11) is 0. The number of aryl methyl sites for hydroxylation is 1. The summed E-state index contributed by atoms with van der Waals surface area (Å²) >= 11 is 0. The third-order valence-corrected chi connectivity index (χ3v) is 7.44. The van der Waals surface area contributed by atoms with Crippen LogP contribution in [0.25, 0.3) is 33.4 Å². The first kappa shape index (κ1) is 32.6. The molecule has 5 aromatic rings. The van der Waals surface area contributed by atoms with Crippen LogP contribution in [0.5, 0.6) is 11.5 Å². The van der Waals surface area contributed by atoms with E-state index < -0.39 is 29.9 Å². The molecule has 0 N–H and O–H groups in total. The smallest absolute Gasteiger partial charge is 0.429 e. The molecule has 9 heteroatoms. The van der Waals surface area contributed by atoms with Crippen LogP contribution in [-0.4, -0.2) is 6.36 Å². The van der Waals surface area contributed by atoms with Crippen LogP contribution in [0.15, 0.2) is 109 Å². The Labute approximate surface area is 262 Å². The summed E-state index contributed by atoms with van der Waals surface area (Å²) in [5, 5.41) is 0. The summed E-state index contributed by atoms with van der Waals surface area (Å²) in [5.41, 5.74) is 2.56. The number of ether oxygens (including phenoxy) is 2. The molecular weight excluding hydrogens is 609 g/mol. The van der Waals surface area contributed by atoms with Crippen molar-refractivity contribution < 1.29 is 40.2 Å². The molecule has 0 bridgehead atoms. The highest BCUT2D eigenvalue weighted by molar-refractivity contribution is 5.74. The van der Waals surface area contributed by atoms with Crippen molar-refractivity contribution in [1.29, 1.82) is 0 Å². The van der Waals surface area contributed by atoms with E-state index in [4.69, 9.17) is 4.74 Å². The molecule has 5 rings (SSSR count). The highest BCUT2D eigenvalue weighted by Crippen LogP contribution is 2.35. The second-order valence-electron chi connectivity index (χ2n) is 10.8. The van der Waals surface area contributed by atoms with Gasteiger partial charge in [0.05, 0.1) is 5.56 Å². The maximum atomic E-state index is 15.2. The van der Waals surface area contributed by atoms with Crippen LogP contribution in [0, 0.1) is 11.6 Å². The fourth-order valence-electron chi connectivity index (χ4n) is 5.05. The van der Waals surface area contributed by atoms with Gasteiger partial charge in [0, 0.05) is 11.1 Å². The minimum Gasteiger partial charge on any atom is -0.429 e. The second-order valence-corrected chi connectivity index (χ2v) is 10.8. The van der Waals surface area contributed by atoms with E-state index in [1.54, 1.807) is 18.2 Å². The van der Waals surface area contributed by atoms with E-state index in [0.717, 1.165) is 49.4 Å². The van der Waals surface area contributed by atoms with Gasteiger partial charge in [-0.05, 0) is 89.2 Å². The second kappa shape index (κ2) is 13.7. The molecule has 5 aromatic carbocycles. The fraction of sp³-hybridized carbons (Fsp3) is 0.189. The Morgan fingerprint density at radius 1 is 0.522 bits per heavy atom. The van der Waals surface area contributed by atoms with Gasteiger partial charge < -0.3 is 9.47 Å². The van der Waals surface area contributed by atoms with Gasteiger partial charge in [-0.15, -0.1) is 13.2 Å². The van der Waals surface area contributed by atoms with Crippen molar-refractivity contribution in [3.8, 4) is 44.9 Å². The van der Waals surface area contributed by atoms with Crippen molar-refractivity contribution in [2.24, 2.45) is 0 Å². The highest BCUT2D eigenvalue weighted by atomic mass is 19.4. The largest absolute Gasteiger partial charge is 0.573 e. The van der Waals surface area contributed by atoms with Crippen LogP contribution in [-0.2, 0) is 12.5 Å². The van der Waals surface area contributed by atoms with Crippen LogP contribution in [0.4, 0.5) is 30.7 Å². The molecule has 0 amide bonds. The minimum absolute atomic E-state index is 0.0593. The summed E-state index contributed by atoms with van der Waals surface area (Å²) < 4.78 is 106. The number of unbranched alkanes of at least 4 members (excludes halogenated alkanes) is 2. The monoisotopic (exact) mass is 638 g/mol. The molecule has 0 fully saturated rings. The molecule has 0 unspecified atom stereocenters. The van der Waals surface area contributed by atoms with Crippen LogP contribution in [0.2, 0.25) is 0 Å². The molecular formula is C37H29F7O2. The lowest BCUT2D eigenvalue weighted by Gasteiger charge is -2.19. The van der Waals surface area contributed by atoms with Crippen molar-refractivity contribution in [3.63, 3.8) is 0 Å². The molecule has 46 heavy (non-hydrogen) atoms. The lowest BCUT2D eigenvalue weighted by atomic mass is 9.97. The molecule has 0 saturated carbocycles. The van der Waals surface area contributed by atoms with Crippen molar-refractivity contribution in [2.45, 2.75) is 45.1 Å². The van der Waals surface area contributed by atoms with Gasteiger partial charge in [-0.2, -0.15) is 8.78 Å². The Bertz CT molecular complexity index is 1760. The predicted octanol–water partition coefficient (Wildman–Crippen LogP) is 11.7. The molecule has 0 aliphatic heterocycles. The fourth-order valence-corrected chi connectivity index (χ4v) is 5.05. The summed E-state index contributed by atoms with van der Waals surface area (Å²) in [5.74, 6) is -1.82. The van der Waals surface area contributed by atoms with E-state index in [2.05, 4.69) is 11.7 Å². The van der Waals surface area contributed by atoms with Crippen LogP contribution < -0.4 is 9.47 Å². The Morgan fingerprint density at radius 3 is 1.59 bits per heavy atom. The van der Waals surface area contributed by atoms with Gasteiger partial charge in [-0.1, -0.05) is 80.4 Å². The summed E-state index contributed by atoms with van der Waals surface area (Å²) in [4.78, 5) is 0. The average Bonchev–Trinajstić information content (AvgIpc) is 3.01. The van der Waals surface area contributed by atoms with Crippen LogP contribution in [0.1, 0.15) is 37.3 Å². The molecule has 238 valence electrons. The minimum atomic E-state index is -4.84. The Hall–Kier alpha value is -4.79. The lowest BCUT2D eigenvalue weighted by Crippen LogP contribution is -2.21. The maximum Gasteiger partial charge on any atom is 0.573 e. The number of hydrogen-bond acceptors (Lipinski definition) is 2. The number of benzene rings is 5. The molecule has 0 aliphatic rings. The van der Waals surface area contributed by atoms with Gasteiger partial charge in [-0.3, -0.25) is 0 Å². The Kier molecular flexibility index (Phi) is 9.70. The zero-order valence-corrected chi connectivity index (χ0v) is 24.7. The quantitative estimate of drug-likeness (QED) is 0.106. The van der Waals surface area contributed by atoms with Crippen LogP contribution in [0.3, 0.4) is 0 Å². The number of hydrogen-bond donors (Lipinski definition) is 0. The van der Waals surface area contributed by atoms with Gasteiger partial charge in [0.2, 0.25) is 0 Å². The lowest BCUT2D eigenvalue weighted by molar-refractivity contribution is -0.274. The SMILES string of the molecule is CCCCCc1ccc(C(F)(F)Oc2ccc(-c3ccc(-c4ccc(-c5ccc(OC(F)(F)F)cc5)c(F)c4)c(F)c3)cc2)cc1. The molecule has 0 aromatic heterocycles. The Balaban J connectivity index is 1.26. The van der Waals surface area contributed by atoms with E-state index >= 15 is 8.78 Å². The van der Waals surface area contributed by atoms with Crippen molar-refractivity contribution in [3.05, 3.63) is 132 Å². The zero-order valence-electron chi connectivity index (χ0n) is 24.7. The van der Waals surface area contributed by atoms with E-state index in [9.17, 15) is 22.0 Å². The third kappa shape index (κ3) is 8.07. The first-order valence-corrected chi connectivity index (χ1v) is 14.6. The Morgan fingerprint density at radius 2 is 1.02 bits per heavy atom. The molecule has 2 nitrogen and oxygen atoms in total. The number of rotatable bonds is 11. The number of halogens is 7.